The smallest absolute Gasteiger partial charge is 0.119 e. The van der Waals surface area contributed by atoms with Crippen molar-refractivity contribution in [2.75, 3.05) is 26.3 Å². The molecule has 0 saturated carbocycles. The molecule has 0 radical (unpaired) electrons. The van der Waals surface area contributed by atoms with Gasteiger partial charge in [0.25, 0.3) is 0 Å². The zero-order chi connectivity index (χ0) is 15.5. The molecule has 126 valence electrons. The van der Waals surface area contributed by atoms with E-state index in [0.717, 1.165) is 44.0 Å². The number of fused-ring (bicyclic) bond motifs is 2. The fourth-order valence-corrected chi connectivity index (χ4v) is 4.21. The van der Waals surface area contributed by atoms with E-state index in [1.165, 1.54) is 37.8 Å². The molecule has 3 atom stereocenters. The highest BCUT2D eigenvalue weighted by Crippen LogP contribution is 2.29. The lowest BCUT2D eigenvalue weighted by molar-refractivity contribution is 0.0679. The molecule has 2 bridgehead atoms. The fraction of sp³-hybridized carbons (Fsp3) is 0.684. The van der Waals surface area contributed by atoms with Crippen LogP contribution < -0.4 is 10.1 Å². The van der Waals surface area contributed by atoms with E-state index in [-0.39, 0.29) is 6.10 Å². The number of nitrogens with zero attached hydrogens (tertiary/aromatic N) is 1. The summed E-state index contributed by atoms with van der Waals surface area (Å²) in [7, 11) is 0. The van der Waals surface area contributed by atoms with Crippen molar-refractivity contribution in [3.05, 3.63) is 29.8 Å². The summed E-state index contributed by atoms with van der Waals surface area (Å²) < 4.78 is 11.5. The maximum Gasteiger partial charge on any atom is 0.119 e. The van der Waals surface area contributed by atoms with E-state index in [2.05, 4.69) is 34.5 Å². The molecule has 0 aromatic heterocycles. The minimum Gasteiger partial charge on any atom is -0.491 e. The van der Waals surface area contributed by atoms with Crippen molar-refractivity contribution in [1.82, 2.24) is 10.2 Å². The van der Waals surface area contributed by atoms with Crippen LogP contribution in [0.25, 0.3) is 0 Å². The summed E-state index contributed by atoms with van der Waals surface area (Å²) in [4.78, 5) is 2.71. The lowest BCUT2D eigenvalue weighted by Crippen LogP contribution is -2.37. The lowest BCUT2D eigenvalue weighted by Gasteiger charge is -2.27. The van der Waals surface area contributed by atoms with Gasteiger partial charge in [-0.15, -0.1) is 0 Å². The molecule has 3 saturated heterocycles. The molecule has 0 amide bonds. The fourth-order valence-electron chi connectivity index (χ4n) is 4.21. The van der Waals surface area contributed by atoms with Gasteiger partial charge in [0.15, 0.2) is 0 Å². The van der Waals surface area contributed by atoms with Gasteiger partial charge in [-0.3, -0.25) is 4.90 Å². The van der Waals surface area contributed by atoms with Gasteiger partial charge in [-0.2, -0.15) is 0 Å². The Morgan fingerprint density at radius 2 is 1.96 bits per heavy atom. The minimum absolute atomic E-state index is 0.287. The number of nitrogens with one attached hydrogen (secondary N) is 1. The number of benzene rings is 1. The number of hydrogen-bond donors (Lipinski definition) is 1. The van der Waals surface area contributed by atoms with Crippen molar-refractivity contribution in [3.63, 3.8) is 0 Å². The van der Waals surface area contributed by atoms with Gasteiger partial charge in [0, 0.05) is 31.8 Å². The Balaban J connectivity index is 1.32. The highest BCUT2D eigenvalue weighted by molar-refractivity contribution is 5.27. The predicted molar refractivity (Wildman–Crippen MR) is 90.8 cm³/mol. The maximum atomic E-state index is 5.86. The Bertz CT molecular complexity index is 485. The Hall–Kier alpha value is -1.10. The standard InChI is InChI=1S/C19H28N2O2/c1-2-19(22-11-1)14-23-18-7-3-15(4-8-18)13-21-16-5-6-17(21)12-20-10-9-16/h3-4,7-8,16-17,19-20H,1-2,5-6,9-14H2. The second kappa shape index (κ2) is 7.20. The van der Waals surface area contributed by atoms with Crippen molar-refractivity contribution in [1.29, 1.82) is 0 Å². The molecule has 3 aliphatic heterocycles. The molecule has 3 fully saturated rings. The first kappa shape index (κ1) is 15.4. The number of hydrogen-bond acceptors (Lipinski definition) is 4. The zero-order valence-electron chi connectivity index (χ0n) is 13.9. The van der Waals surface area contributed by atoms with E-state index < -0.39 is 0 Å². The first-order valence-electron chi connectivity index (χ1n) is 9.18. The molecule has 4 nitrogen and oxygen atoms in total. The van der Waals surface area contributed by atoms with Crippen LogP contribution in [0.4, 0.5) is 0 Å². The summed E-state index contributed by atoms with van der Waals surface area (Å²) in [6.07, 6.45) is 6.59. The molecule has 0 spiro atoms. The van der Waals surface area contributed by atoms with Crippen molar-refractivity contribution in [2.45, 2.75) is 56.8 Å². The minimum atomic E-state index is 0.287. The van der Waals surface area contributed by atoms with E-state index in [4.69, 9.17) is 9.47 Å². The van der Waals surface area contributed by atoms with E-state index in [0.29, 0.717) is 6.61 Å². The number of rotatable bonds is 5. The molecular formula is C19H28N2O2. The molecular weight excluding hydrogens is 288 g/mol. The quantitative estimate of drug-likeness (QED) is 0.905. The van der Waals surface area contributed by atoms with Crippen LogP contribution in [0.3, 0.4) is 0 Å². The van der Waals surface area contributed by atoms with Gasteiger partial charge in [0.2, 0.25) is 0 Å². The Morgan fingerprint density at radius 3 is 2.78 bits per heavy atom. The zero-order valence-corrected chi connectivity index (χ0v) is 13.9. The SMILES string of the molecule is c1cc(OCC2CCCO2)ccc1CN1C2CCNCC1CC2. The summed E-state index contributed by atoms with van der Waals surface area (Å²) >= 11 is 0. The third-order valence-electron chi connectivity index (χ3n) is 5.55. The summed E-state index contributed by atoms with van der Waals surface area (Å²) in [5, 5.41) is 3.57. The highest BCUT2D eigenvalue weighted by atomic mass is 16.5. The van der Waals surface area contributed by atoms with Crippen LogP contribution >= 0.6 is 0 Å². The van der Waals surface area contributed by atoms with Gasteiger partial charge in [0.05, 0.1) is 6.10 Å². The van der Waals surface area contributed by atoms with Gasteiger partial charge in [0.1, 0.15) is 12.4 Å². The van der Waals surface area contributed by atoms with Crippen LogP contribution in [0, 0.1) is 0 Å². The highest BCUT2D eigenvalue weighted by Gasteiger charge is 2.34. The summed E-state index contributed by atoms with van der Waals surface area (Å²) in [6, 6.07) is 10.2. The molecule has 1 aromatic rings. The van der Waals surface area contributed by atoms with Crippen LogP contribution in [0.5, 0.6) is 5.75 Å². The number of ether oxygens (including phenoxy) is 2. The van der Waals surface area contributed by atoms with Gasteiger partial charge >= 0.3 is 0 Å². The molecule has 3 aliphatic rings. The van der Waals surface area contributed by atoms with Gasteiger partial charge in [-0.25, -0.2) is 0 Å². The average molecular weight is 316 g/mol. The molecule has 3 heterocycles. The van der Waals surface area contributed by atoms with Crippen molar-refractivity contribution < 1.29 is 9.47 Å². The van der Waals surface area contributed by atoms with Crippen LogP contribution in [0.1, 0.15) is 37.7 Å². The van der Waals surface area contributed by atoms with E-state index in [9.17, 15) is 0 Å². The van der Waals surface area contributed by atoms with E-state index in [1.807, 2.05) is 0 Å². The predicted octanol–water partition coefficient (Wildman–Crippen LogP) is 2.57. The second-order valence-electron chi connectivity index (χ2n) is 7.14. The third-order valence-corrected chi connectivity index (χ3v) is 5.55. The maximum absolute atomic E-state index is 5.86. The Kier molecular flexibility index (Phi) is 4.83. The Morgan fingerprint density at radius 1 is 1.09 bits per heavy atom. The van der Waals surface area contributed by atoms with Crippen molar-refractivity contribution in [3.8, 4) is 5.75 Å². The van der Waals surface area contributed by atoms with E-state index in [1.54, 1.807) is 0 Å². The van der Waals surface area contributed by atoms with Crippen molar-refractivity contribution >= 4 is 0 Å². The monoisotopic (exact) mass is 316 g/mol. The molecule has 23 heavy (non-hydrogen) atoms. The summed E-state index contributed by atoms with van der Waals surface area (Å²) in [6.45, 7) is 4.97. The molecule has 4 heteroatoms. The van der Waals surface area contributed by atoms with Crippen LogP contribution in [0.15, 0.2) is 24.3 Å². The first-order chi connectivity index (χ1) is 11.4. The third kappa shape index (κ3) is 3.70. The van der Waals surface area contributed by atoms with Crippen LogP contribution in [-0.4, -0.2) is 49.4 Å². The topological polar surface area (TPSA) is 33.7 Å². The normalized spacial score (nSPS) is 31.2. The molecule has 0 aliphatic carbocycles. The van der Waals surface area contributed by atoms with Gasteiger partial charge in [-0.05, 0) is 56.3 Å². The lowest BCUT2D eigenvalue weighted by atomic mass is 10.1. The van der Waals surface area contributed by atoms with Gasteiger partial charge < -0.3 is 14.8 Å². The molecule has 1 N–H and O–H groups in total. The van der Waals surface area contributed by atoms with Gasteiger partial charge in [-0.1, -0.05) is 12.1 Å². The molecule has 4 rings (SSSR count). The second-order valence-corrected chi connectivity index (χ2v) is 7.14. The van der Waals surface area contributed by atoms with E-state index >= 15 is 0 Å². The summed E-state index contributed by atoms with van der Waals surface area (Å²) in [5.74, 6) is 0.963. The van der Waals surface area contributed by atoms with Crippen LogP contribution in [-0.2, 0) is 11.3 Å². The first-order valence-corrected chi connectivity index (χ1v) is 9.18. The average Bonchev–Trinajstić information content (AvgIpc) is 3.15. The molecule has 1 aromatic carbocycles. The summed E-state index contributed by atoms with van der Waals surface area (Å²) in [5.41, 5.74) is 1.40. The van der Waals surface area contributed by atoms with Crippen molar-refractivity contribution in [2.24, 2.45) is 0 Å². The van der Waals surface area contributed by atoms with Crippen LogP contribution in [0.2, 0.25) is 0 Å². The Labute approximate surface area is 139 Å². The largest absolute Gasteiger partial charge is 0.491 e. The molecule has 3 unspecified atom stereocenters.